The summed E-state index contributed by atoms with van der Waals surface area (Å²) in [5.41, 5.74) is 3.29. The number of quaternary nitrogens is 1. The monoisotopic (exact) mass is 453 g/mol. The maximum absolute atomic E-state index is 12.3. The summed E-state index contributed by atoms with van der Waals surface area (Å²) in [6.07, 6.45) is 28.2. The molecule has 192 valence electrons. The van der Waals surface area contributed by atoms with Gasteiger partial charge in [0.15, 0.2) is 0 Å². The van der Waals surface area contributed by atoms with Crippen LogP contribution >= 0.6 is 0 Å². The lowest BCUT2D eigenvalue weighted by molar-refractivity contribution is -0.958. The molecule has 1 amide bonds. The molecule has 0 saturated carbocycles. The van der Waals surface area contributed by atoms with Crippen LogP contribution in [0.25, 0.3) is 0 Å². The fraction of sp³-hybridized carbons (Fsp3) is 0.966. The average Bonchev–Trinajstić information content (AvgIpc) is 2.80. The first kappa shape index (κ1) is 31.4. The Kier molecular flexibility index (Phi) is 23.2. The Bertz CT molecular complexity index is 393. The third-order valence-electron chi connectivity index (χ3n) is 7.23. The summed E-state index contributed by atoms with van der Waals surface area (Å²) in [6.45, 7) is 11.8. The molecule has 1 N–H and O–H groups in total. The van der Waals surface area contributed by atoms with Gasteiger partial charge in [-0.1, -0.05) is 129 Å². The number of hydrogen-bond acceptors (Lipinski definition) is 1. The van der Waals surface area contributed by atoms with E-state index in [2.05, 4.69) is 33.1 Å². The van der Waals surface area contributed by atoms with E-state index < -0.39 is 0 Å². The van der Waals surface area contributed by atoms with Crippen LogP contribution in [0.3, 0.4) is 0 Å². The van der Waals surface area contributed by atoms with Crippen molar-refractivity contribution in [3.05, 3.63) is 0 Å². The Balaban J connectivity index is 3.35. The molecule has 0 spiro atoms. The maximum Gasteiger partial charge on any atom is 0.264 e. The Morgan fingerprint density at radius 2 is 0.844 bits per heavy atom. The minimum absolute atomic E-state index is 0.245. The zero-order valence-corrected chi connectivity index (χ0v) is 22.8. The lowest BCUT2D eigenvalue weighted by atomic mass is 10.0. The normalized spacial score (nSPS) is 11.8. The van der Waals surface area contributed by atoms with Crippen LogP contribution in [0, 0.1) is 0 Å². The molecule has 0 aromatic heterocycles. The van der Waals surface area contributed by atoms with E-state index in [0.29, 0.717) is 6.42 Å². The van der Waals surface area contributed by atoms with Gasteiger partial charge in [-0.2, -0.15) is 0 Å². The van der Waals surface area contributed by atoms with Crippen LogP contribution in [-0.2, 0) is 4.79 Å². The van der Waals surface area contributed by atoms with Crippen molar-refractivity contribution in [2.24, 2.45) is 0 Å². The molecule has 0 aromatic carbocycles. The summed E-state index contributed by atoms with van der Waals surface area (Å²) in [6, 6.07) is 0. The number of nitrogens with zero attached hydrogens (tertiary/aromatic N) is 1. The molecule has 0 heterocycles. The molecular weight excluding hydrogens is 392 g/mol. The van der Waals surface area contributed by atoms with Gasteiger partial charge in [0.25, 0.3) is 5.91 Å². The molecule has 0 unspecified atom stereocenters. The Hall–Kier alpha value is -0.570. The highest BCUT2D eigenvalue weighted by molar-refractivity contribution is 5.74. The zero-order chi connectivity index (χ0) is 23.8. The lowest BCUT2D eigenvalue weighted by Gasteiger charge is -2.35. The van der Waals surface area contributed by atoms with E-state index in [-0.39, 0.29) is 5.91 Å². The standard InChI is InChI=1S/C29H60N2O/c1-5-9-10-11-12-13-14-15-16-17-18-19-20-21-22-23-24-25-26-27-29(32)30-31(7-3,8-4)28-6-2/h5-28H2,1-4H3/p+1. The third-order valence-corrected chi connectivity index (χ3v) is 7.23. The molecule has 0 fully saturated rings. The van der Waals surface area contributed by atoms with Gasteiger partial charge in [0.2, 0.25) is 0 Å². The smallest absolute Gasteiger partial charge is 0.264 e. The van der Waals surface area contributed by atoms with Gasteiger partial charge in [0.05, 0.1) is 13.1 Å². The molecule has 0 saturated heterocycles. The molecule has 0 aromatic rings. The first-order valence-electron chi connectivity index (χ1n) is 14.8. The summed E-state index contributed by atoms with van der Waals surface area (Å²) in [5, 5.41) is 0. The minimum atomic E-state index is 0.245. The van der Waals surface area contributed by atoms with Gasteiger partial charge in [-0.25, -0.2) is 10.0 Å². The fourth-order valence-corrected chi connectivity index (χ4v) is 4.87. The van der Waals surface area contributed by atoms with Crippen LogP contribution in [-0.4, -0.2) is 30.1 Å². The number of hydrogen-bond donors (Lipinski definition) is 1. The van der Waals surface area contributed by atoms with Gasteiger partial charge in [0.1, 0.15) is 6.54 Å². The van der Waals surface area contributed by atoms with Crippen molar-refractivity contribution in [3.8, 4) is 0 Å². The van der Waals surface area contributed by atoms with E-state index in [1.807, 2.05) is 0 Å². The predicted molar refractivity (Wildman–Crippen MR) is 143 cm³/mol. The van der Waals surface area contributed by atoms with Crippen LogP contribution in [0.1, 0.15) is 163 Å². The van der Waals surface area contributed by atoms with Gasteiger partial charge in [0, 0.05) is 6.42 Å². The number of rotatable bonds is 25. The van der Waals surface area contributed by atoms with Crippen molar-refractivity contribution in [2.75, 3.05) is 19.6 Å². The summed E-state index contributed by atoms with van der Waals surface area (Å²) in [4.78, 5) is 12.3. The van der Waals surface area contributed by atoms with Crippen molar-refractivity contribution in [3.63, 3.8) is 0 Å². The number of carbonyl (C=O) groups is 1. The molecule has 0 aliphatic carbocycles. The molecule has 0 atom stereocenters. The van der Waals surface area contributed by atoms with E-state index in [1.54, 1.807) is 0 Å². The van der Waals surface area contributed by atoms with E-state index in [0.717, 1.165) is 37.1 Å². The molecule has 0 radical (unpaired) electrons. The second kappa shape index (κ2) is 23.6. The predicted octanol–water partition coefficient (Wildman–Crippen LogP) is 9.11. The first-order valence-corrected chi connectivity index (χ1v) is 14.8. The summed E-state index contributed by atoms with van der Waals surface area (Å²) in [7, 11) is 0. The fourth-order valence-electron chi connectivity index (χ4n) is 4.87. The number of nitrogens with one attached hydrogen (secondary N) is 1. The van der Waals surface area contributed by atoms with Gasteiger partial charge in [-0.15, -0.1) is 0 Å². The van der Waals surface area contributed by atoms with Crippen LogP contribution in [0.15, 0.2) is 0 Å². The molecule has 3 heteroatoms. The molecular formula is C29H61N2O+. The highest BCUT2D eigenvalue weighted by Crippen LogP contribution is 2.15. The first-order chi connectivity index (χ1) is 15.6. The summed E-state index contributed by atoms with van der Waals surface area (Å²) < 4.78 is 0.745. The highest BCUT2D eigenvalue weighted by atomic mass is 16.2. The Morgan fingerprint density at radius 1 is 0.500 bits per heavy atom. The average molecular weight is 454 g/mol. The molecule has 0 rings (SSSR count). The molecule has 3 nitrogen and oxygen atoms in total. The van der Waals surface area contributed by atoms with E-state index >= 15 is 0 Å². The zero-order valence-electron chi connectivity index (χ0n) is 22.8. The van der Waals surface area contributed by atoms with Crippen LogP contribution < -0.4 is 5.43 Å². The van der Waals surface area contributed by atoms with E-state index in [1.165, 1.54) is 116 Å². The number of unbranched alkanes of at least 4 members (excludes halogenated alkanes) is 18. The summed E-state index contributed by atoms with van der Waals surface area (Å²) in [5.74, 6) is 0.245. The van der Waals surface area contributed by atoms with Crippen molar-refractivity contribution in [2.45, 2.75) is 163 Å². The Morgan fingerprint density at radius 3 is 1.16 bits per heavy atom. The minimum Gasteiger partial charge on any atom is -0.270 e. The van der Waals surface area contributed by atoms with Gasteiger partial charge in [-0.05, 0) is 26.7 Å². The number of amides is 1. The van der Waals surface area contributed by atoms with E-state index in [9.17, 15) is 4.79 Å². The lowest BCUT2D eigenvalue weighted by Crippen LogP contribution is -2.60. The second-order valence-electron chi connectivity index (χ2n) is 10.2. The van der Waals surface area contributed by atoms with Gasteiger partial charge < -0.3 is 0 Å². The Labute approximate surface area is 203 Å². The van der Waals surface area contributed by atoms with Crippen LogP contribution in [0.4, 0.5) is 0 Å². The van der Waals surface area contributed by atoms with Crippen LogP contribution in [0.5, 0.6) is 0 Å². The highest BCUT2D eigenvalue weighted by Gasteiger charge is 2.24. The second-order valence-corrected chi connectivity index (χ2v) is 10.2. The molecule has 0 bridgehead atoms. The molecule has 0 aliphatic rings. The largest absolute Gasteiger partial charge is 0.270 e. The van der Waals surface area contributed by atoms with Crippen LogP contribution in [0.2, 0.25) is 0 Å². The SMILES string of the molecule is CCCCCCCCCCCCCCCCCCCCCC(=O)N[N+](CC)(CC)CCC. The van der Waals surface area contributed by atoms with Crippen molar-refractivity contribution >= 4 is 5.91 Å². The molecule has 32 heavy (non-hydrogen) atoms. The van der Waals surface area contributed by atoms with Crippen molar-refractivity contribution < 1.29 is 9.39 Å². The maximum atomic E-state index is 12.3. The topological polar surface area (TPSA) is 29.1 Å². The van der Waals surface area contributed by atoms with Gasteiger partial charge >= 0.3 is 0 Å². The molecule has 0 aliphatic heterocycles. The summed E-state index contributed by atoms with van der Waals surface area (Å²) >= 11 is 0. The quantitative estimate of drug-likeness (QED) is 0.0833. The number of carbonyl (C=O) groups excluding carboxylic acids is 1. The van der Waals surface area contributed by atoms with Gasteiger partial charge in [-0.3, -0.25) is 4.79 Å². The van der Waals surface area contributed by atoms with E-state index in [4.69, 9.17) is 0 Å². The third kappa shape index (κ3) is 18.9. The van der Waals surface area contributed by atoms with Crippen molar-refractivity contribution in [1.29, 1.82) is 0 Å². The van der Waals surface area contributed by atoms with Crippen molar-refractivity contribution in [1.82, 2.24) is 5.43 Å².